The smallest absolute Gasteiger partial charge is 0.288 e. The number of benzene rings is 1. The number of nitrogens with two attached hydrogens (primary N) is 1. The van der Waals surface area contributed by atoms with Gasteiger partial charge >= 0.3 is 0 Å². The van der Waals surface area contributed by atoms with Crippen molar-refractivity contribution in [3.63, 3.8) is 0 Å². The van der Waals surface area contributed by atoms with E-state index in [0.717, 1.165) is 23.2 Å². The van der Waals surface area contributed by atoms with Gasteiger partial charge in [-0.3, -0.25) is 14.9 Å². The van der Waals surface area contributed by atoms with Crippen LogP contribution in [-0.2, 0) is 0 Å². The van der Waals surface area contributed by atoms with Crippen LogP contribution < -0.4 is 15.8 Å². The molecule has 0 saturated carbocycles. The lowest BCUT2D eigenvalue weighted by molar-refractivity contribution is -0.385. The summed E-state index contributed by atoms with van der Waals surface area (Å²) in [6, 6.07) is 6.23. The first kappa shape index (κ1) is 18.2. The topological polar surface area (TPSA) is 134 Å². The third-order valence-corrected chi connectivity index (χ3v) is 4.28. The average Bonchev–Trinajstić information content (AvgIpc) is 2.97. The number of carbonyl (C=O) groups excluding carboxylic acids is 1. The third-order valence-electron chi connectivity index (χ3n) is 4.28. The van der Waals surface area contributed by atoms with E-state index in [0.29, 0.717) is 17.1 Å². The Morgan fingerprint density at radius 2 is 2.15 bits per heavy atom. The lowest BCUT2D eigenvalue weighted by atomic mass is 10.1. The third kappa shape index (κ3) is 3.39. The predicted molar refractivity (Wildman–Crippen MR) is 99.0 cm³/mol. The Morgan fingerprint density at radius 3 is 2.78 bits per heavy atom. The number of pyridine rings is 1. The van der Waals surface area contributed by atoms with Crippen LogP contribution in [0.15, 0.2) is 34.9 Å². The second-order valence-corrected chi connectivity index (χ2v) is 6.03. The van der Waals surface area contributed by atoms with E-state index in [1.807, 2.05) is 26.0 Å². The molecule has 3 N–H and O–H groups in total. The number of hydrogen-bond donors (Lipinski definition) is 2. The SMILES string of the molecule is COc1ccc2oc(C(C)Nc3ncc([N+](=O)[O-])cc3C(N)=O)c(C)c2c1. The molecular formula is C18H18N4O5. The Bertz CT molecular complexity index is 1040. The summed E-state index contributed by atoms with van der Waals surface area (Å²) in [4.78, 5) is 25.9. The molecule has 27 heavy (non-hydrogen) atoms. The molecule has 0 fully saturated rings. The fourth-order valence-electron chi connectivity index (χ4n) is 2.89. The second kappa shape index (κ2) is 6.94. The maximum absolute atomic E-state index is 11.7. The van der Waals surface area contributed by atoms with E-state index in [2.05, 4.69) is 10.3 Å². The van der Waals surface area contributed by atoms with Crippen molar-refractivity contribution in [1.29, 1.82) is 0 Å². The molecule has 0 saturated heterocycles. The number of methoxy groups -OCH3 is 1. The van der Waals surface area contributed by atoms with Crippen molar-refractivity contribution in [3.8, 4) is 5.75 Å². The number of fused-ring (bicyclic) bond motifs is 1. The summed E-state index contributed by atoms with van der Waals surface area (Å²) < 4.78 is 11.2. The number of rotatable bonds is 6. The van der Waals surface area contributed by atoms with Crippen LogP contribution in [0, 0.1) is 17.0 Å². The maximum Gasteiger partial charge on any atom is 0.288 e. The van der Waals surface area contributed by atoms with E-state index in [1.54, 1.807) is 13.2 Å². The van der Waals surface area contributed by atoms with Gasteiger partial charge in [0, 0.05) is 17.0 Å². The van der Waals surface area contributed by atoms with Crippen molar-refractivity contribution < 1.29 is 18.9 Å². The van der Waals surface area contributed by atoms with Gasteiger partial charge in [-0.05, 0) is 32.0 Å². The molecule has 1 atom stereocenters. The number of nitrogens with one attached hydrogen (secondary N) is 1. The Morgan fingerprint density at radius 1 is 1.41 bits per heavy atom. The van der Waals surface area contributed by atoms with Crippen molar-refractivity contribution in [2.45, 2.75) is 19.9 Å². The Balaban J connectivity index is 1.97. The fraction of sp³-hybridized carbons (Fsp3) is 0.222. The highest BCUT2D eigenvalue weighted by atomic mass is 16.6. The first-order chi connectivity index (χ1) is 12.8. The van der Waals surface area contributed by atoms with Gasteiger partial charge < -0.3 is 20.2 Å². The fourth-order valence-corrected chi connectivity index (χ4v) is 2.89. The molecule has 0 aliphatic heterocycles. The molecule has 2 aromatic heterocycles. The van der Waals surface area contributed by atoms with Crippen LogP contribution in [0.25, 0.3) is 11.0 Å². The van der Waals surface area contributed by atoms with E-state index in [9.17, 15) is 14.9 Å². The highest BCUT2D eigenvalue weighted by Crippen LogP contribution is 2.33. The van der Waals surface area contributed by atoms with Gasteiger partial charge in [0.1, 0.15) is 29.1 Å². The van der Waals surface area contributed by atoms with Gasteiger partial charge in [-0.2, -0.15) is 0 Å². The molecule has 9 nitrogen and oxygen atoms in total. The lowest BCUT2D eigenvalue weighted by Crippen LogP contribution is -2.17. The van der Waals surface area contributed by atoms with Crippen LogP contribution in [0.5, 0.6) is 5.75 Å². The number of nitro groups is 1. The molecule has 3 aromatic rings. The molecule has 1 amide bonds. The minimum absolute atomic E-state index is 0.0634. The molecule has 0 aliphatic rings. The summed E-state index contributed by atoms with van der Waals surface area (Å²) in [7, 11) is 1.59. The number of carbonyl (C=O) groups is 1. The Kier molecular flexibility index (Phi) is 4.68. The number of aryl methyl sites for hydroxylation is 1. The largest absolute Gasteiger partial charge is 0.497 e. The predicted octanol–water partition coefficient (Wildman–Crippen LogP) is 3.33. The maximum atomic E-state index is 11.7. The number of primary amides is 1. The van der Waals surface area contributed by atoms with Crippen molar-refractivity contribution >= 4 is 28.4 Å². The second-order valence-electron chi connectivity index (χ2n) is 6.03. The van der Waals surface area contributed by atoms with Crippen molar-refractivity contribution in [2.75, 3.05) is 12.4 Å². The standard InChI is InChI=1S/C18H18N4O5/c1-9-13-7-12(26-3)4-5-15(13)27-16(9)10(2)21-18-14(17(19)23)6-11(8-20-18)22(24)25/h4-8,10H,1-3H3,(H2,19,23)(H,20,21). The molecule has 1 unspecified atom stereocenters. The molecule has 1 aromatic carbocycles. The van der Waals surface area contributed by atoms with Gasteiger partial charge in [0.2, 0.25) is 0 Å². The zero-order valence-electron chi connectivity index (χ0n) is 15.0. The van der Waals surface area contributed by atoms with Gasteiger partial charge in [-0.1, -0.05) is 0 Å². The van der Waals surface area contributed by atoms with Gasteiger partial charge in [0.05, 0.1) is 23.6 Å². The molecule has 2 heterocycles. The summed E-state index contributed by atoms with van der Waals surface area (Å²) in [6.45, 7) is 3.74. The molecule has 0 spiro atoms. The van der Waals surface area contributed by atoms with Crippen LogP contribution in [0.1, 0.15) is 34.6 Å². The summed E-state index contributed by atoms with van der Waals surface area (Å²) in [5.41, 5.74) is 6.57. The van der Waals surface area contributed by atoms with Crippen molar-refractivity contribution in [2.24, 2.45) is 5.73 Å². The van der Waals surface area contributed by atoms with Crippen LogP contribution in [0.2, 0.25) is 0 Å². The molecule has 0 aliphatic carbocycles. The average molecular weight is 370 g/mol. The first-order valence-corrected chi connectivity index (χ1v) is 8.09. The number of furan rings is 1. The molecular weight excluding hydrogens is 352 g/mol. The van der Waals surface area contributed by atoms with Gasteiger partial charge in [-0.25, -0.2) is 4.98 Å². The van der Waals surface area contributed by atoms with E-state index >= 15 is 0 Å². The molecule has 9 heteroatoms. The zero-order chi connectivity index (χ0) is 19.7. The van der Waals surface area contributed by atoms with Gasteiger partial charge in [0.15, 0.2) is 0 Å². The summed E-state index contributed by atoms with van der Waals surface area (Å²) >= 11 is 0. The minimum atomic E-state index is -0.813. The monoisotopic (exact) mass is 370 g/mol. The molecule has 0 bridgehead atoms. The number of ether oxygens (including phenoxy) is 1. The van der Waals surface area contributed by atoms with Gasteiger partial charge in [0.25, 0.3) is 11.6 Å². The summed E-state index contributed by atoms with van der Waals surface area (Å²) in [5, 5.41) is 14.8. The van der Waals surface area contributed by atoms with E-state index < -0.39 is 10.8 Å². The quantitative estimate of drug-likeness (QED) is 0.502. The Hall–Kier alpha value is -3.62. The normalized spacial score (nSPS) is 12.0. The highest BCUT2D eigenvalue weighted by molar-refractivity contribution is 5.98. The zero-order valence-corrected chi connectivity index (χ0v) is 15.0. The number of hydrogen-bond acceptors (Lipinski definition) is 7. The van der Waals surface area contributed by atoms with Crippen LogP contribution in [0.4, 0.5) is 11.5 Å². The summed E-state index contributed by atoms with van der Waals surface area (Å²) in [5.74, 6) is 0.699. The number of nitrogens with zero attached hydrogens (tertiary/aromatic N) is 2. The van der Waals surface area contributed by atoms with Gasteiger partial charge in [-0.15, -0.1) is 0 Å². The van der Waals surface area contributed by atoms with Crippen molar-refractivity contribution in [3.05, 3.63) is 57.5 Å². The van der Waals surface area contributed by atoms with Crippen LogP contribution in [-0.4, -0.2) is 22.9 Å². The lowest BCUT2D eigenvalue weighted by Gasteiger charge is -2.15. The van der Waals surface area contributed by atoms with Crippen molar-refractivity contribution in [1.82, 2.24) is 4.98 Å². The molecule has 140 valence electrons. The van der Waals surface area contributed by atoms with E-state index in [1.165, 1.54) is 0 Å². The van der Waals surface area contributed by atoms with E-state index in [-0.39, 0.29) is 23.1 Å². The molecule has 3 rings (SSSR count). The van der Waals surface area contributed by atoms with Crippen LogP contribution in [0.3, 0.4) is 0 Å². The first-order valence-electron chi connectivity index (χ1n) is 8.09. The number of amides is 1. The van der Waals surface area contributed by atoms with E-state index in [4.69, 9.17) is 14.9 Å². The number of aromatic nitrogens is 1. The Labute approximate surface area is 154 Å². The van der Waals surface area contributed by atoms with Crippen LogP contribution >= 0.6 is 0 Å². The number of anilines is 1. The minimum Gasteiger partial charge on any atom is -0.497 e. The summed E-state index contributed by atoms with van der Waals surface area (Å²) in [6.07, 6.45) is 1.07. The molecule has 0 radical (unpaired) electrons. The highest BCUT2D eigenvalue weighted by Gasteiger charge is 2.21.